The summed E-state index contributed by atoms with van der Waals surface area (Å²) in [7, 11) is -3.56. The van der Waals surface area contributed by atoms with Gasteiger partial charge in [0.15, 0.2) is 0 Å². The van der Waals surface area contributed by atoms with Crippen molar-refractivity contribution >= 4 is 22.1 Å². The highest BCUT2D eigenvalue weighted by Gasteiger charge is 2.18. The van der Waals surface area contributed by atoms with E-state index >= 15 is 0 Å². The van der Waals surface area contributed by atoms with E-state index < -0.39 is 15.5 Å². The van der Waals surface area contributed by atoms with E-state index in [2.05, 4.69) is 9.44 Å². The van der Waals surface area contributed by atoms with Crippen molar-refractivity contribution in [1.82, 2.24) is 0 Å². The standard InChI is InChI=1S/C8H15NO4S/c1-7(5-8(2,3)6-10)9-13-14(4,11)12/h6H,5H2,1-4H3/b9-7+. The third-order valence-electron chi connectivity index (χ3n) is 1.36. The minimum absolute atomic E-state index is 0.367. The SMILES string of the molecule is C/C(CC(C)(C)C=O)=N\OS(C)(=O)=O. The summed E-state index contributed by atoms with van der Waals surface area (Å²) >= 11 is 0. The molecule has 0 saturated heterocycles. The first-order valence-corrected chi connectivity index (χ1v) is 5.86. The molecule has 14 heavy (non-hydrogen) atoms. The molecule has 0 radical (unpaired) electrons. The van der Waals surface area contributed by atoms with E-state index in [-0.39, 0.29) is 0 Å². The van der Waals surface area contributed by atoms with Gasteiger partial charge in [-0.3, -0.25) is 4.28 Å². The van der Waals surface area contributed by atoms with Crippen LogP contribution in [0.2, 0.25) is 0 Å². The number of aldehydes is 1. The van der Waals surface area contributed by atoms with Crippen LogP contribution in [0.15, 0.2) is 5.16 Å². The number of rotatable bonds is 5. The zero-order valence-electron chi connectivity index (χ0n) is 8.77. The number of hydrogen-bond acceptors (Lipinski definition) is 5. The molecule has 0 aliphatic rings. The molecule has 0 unspecified atom stereocenters. The first-order valence-electron chi connectivity index (χ1n) is 4.05. The molecule has 0 aromatic heterocycles. The molecule has 0 aliphatic heterocycles. The lowest BCUT2D eigenvalue weighted by molar-refractivity contribution is -0.114. The minimum Gasteiger partial charge on any atom is -0.303 e. The van der Waals surface area contributed by atoms with Crippen molar-refractivity contribution in [3.8, 4) is 0 Å². The third-order valence-corrected chi connectivity index (χ3v) is 1.70. The van der Waals surface area contributed by atoms with Gasteiger partial charge in [0.05, 0.1) is 12.0 Å². The van der Waals surface area contributed by atoms with Gasteiger partial charge in [-0.05, 0) is 6.92 Å². The second-order valence-electron chi connectivity index (χ2n) is 3.89. The summed E-state index contributed by atoms with van der Waals surface area (Å²) < 4.78 is 25.4. The second-order valence-corrected chi connectivity index (χ2v) is 5.45. The fourth-order valence-electron chi connectivity index (χ4n) is 0.865. The molecule has 0 fully saturated rings. The van der Waals surface area contributed by atoms with Crippen molar-refractivity contribution in [2.24, 2.45) is 10.6 Å². The largest absolute Gasteiger partial charge is 0.325 e. The summed E-state index contributed by atoms with van der Waals surface area (Å²) in [5.74, 6) is 0. The van der Waals surface area contributed by atoms with E-state index in [0.29, 0.717) is 12.1 Å². The highest BCUT2D eigenvalue weighted by atomic mass is 32.2. The molecule has 0 aromatic rings. The normalized spacial score (nSPS) is 13.9. The van der Waals surface area contributed by atoms with E-state index in [9.17, 15) is 13.2 Å². The molecular weight excluding hydrogens is 206 g/mol. The van der Waals surface area contributed by atoms with Crippen LogP contribution in [0.4, 0.5) is 0 Å². The second kappa shape index (κ2) is 4.54. The lowest BCUT2D eigenvalue weighted by atomic mass is 9.89. The highest BCUT2D eigenvalue weighted by Crippen LogP contribution is 2.17. The average Bonchev–Trinajstić information content (AvgIpc) is 1.99. The van der Waals surface area contributed by atoms with Crippen LogP contribution < -0.4 is 0 Å². The van der Waals surface area contributed by atoms with Crippen LogP contribution in [0.1, 0.15) is 27.2 Å². The van der Waals surface area contributed by atoms with E-state index in [0.717, 1.165) is 12.5 Å². The number of nitrogens with zero attached hydrogens (tertiary/aromatic N) is 1. The fraction of sp³-hybridized carbons (Fsp3) is 0.750. The van der Waals surface area contributed by atoms with Crippen molar-refractivity contribution < 1.29 is 17.5 Å². The monoisotopic (exact) mass is 221 g/mol. The van der Waals surface area contributed by atoms with Crippen molar-refractivity contribution in [1.29, 1.82) is 0 Å². The van der Waals surface area contributed by atoms with Crippen LogP contribution in [0, 0.1) is 5.41 Å². The van der Waals surface area contributed by atoms with Crippen LogP contribution in [-0.2, 0) is 19.2 Å². The molecule has 0 saturated carbocycles. The fourth-order valence-corrected chi connectivity index (χ4v) is 1.13. The maximum Gasteiger partial charge on any atom is 0.325 e. The summed E-state index contributed by atoms with van der Waals surface area (Å²) in [6.07, 6.45) is 2.08. The minimum atomic E-state index is -3.56. The topological polar surface area (TPSA) is 72.8 Å². The van der Waals surface area contributed by atoms with Crippen LogP contribution in [0.5, 0.6) is 0 Å². The molecule has 82 valence electrons. The summed E-state index contributed by atoms with van der Waals surface area (Å²) in [6.45, 7) is 5.08. The molecule has 0 aromatic carbocycles. The lowest BCUT2D eigenvalue weighted by Crippen LogP contribution is -2.17. The molecule has 0 spiro atoms. The summed E-state index contributed by atoms with van der Waals surface area (Å²) in [4.78, 5) is 10.5. The van der Waals surface area contributed by atoms with Gasteiger partial charge >= 0.3 is 10.1 Å². The van der Waals surface area contributed by atoms with E-state index in [4.69, 9.17) is 0 Å². The molecule has 6 heteroatoms. The van der Waals surface area contributed by atoms with Crippen LogP contribution in [0.25, 0.3) is 0 Å². The Morgan fingerprint density at radius 1 is 1.50 bits per heavy atom. The molecule has 0 N–H and O–H groups in total. The van der Waals surface area contributed by atoms with E-state index in [1.165, 1.54) is 0 Å². The number of carbonyl (C=O) groups is 1. The van der Waals surface area contributed by atoms with Gasteiger partial charge in [0, 0.05) is 11.8 Å². The quantitative estimate of drug-likeness (QED) is 0.393. The van der Waals surface area contributed by atoms with Gasteiger partial charge in [-0.25, -0.2) is 0 Å². The van der Waals surface area contributed by atoms with Crippen LogP contribution >= 0.6 is 0 Å². The lowest BCUT2D eigenvalue weighted by Gasteiger charge is -2.14. The van der Waals surface area contributed by atoms with Crippen molar-refractivity contribution in [3.05, 3.63) is 0 Å². The van der Waals surface area contributed by atoms with Crippen molar-refractivity contribution in [2.75, 3.05) is 6.26 Å². The van der Waals surface area contributed by atoms with E-state index in [1.807, 2.05) is 0 Å². The van der Waals surface area contributed by atoms with Gasteiger partial charge in [0.25, 0.3) is 0 Å². The molecule has 0 bridgehead atoms. The molecule has 0 rings (SSSR count). The molecule has 0 heterocycles. The molecule has 0 amide bonds. The predicted octanol–water partition coefficient (Wildman–Crippen LogP) is 0.954. The first kappa shape index (κ1) is 13.1. The number of oxime groups is 1. The van der Waals surface area contributed by atoms with Gasteiger partial charge < -0.3 is 4.79 Å². The highest BCUT2D eigenvalue weighted by molar-refractivity contribution is 7.85. The summed E-state index contributed by atoms with van der Waals surface area (Å²) in [6, 6.07) is 0. The molecule has 0 aliphatic carbocycles. The maximum atomic E-state index is 10.6. The first-order chi connectivity index (χ1) is 6.16. The van der Waals surface area contributed by atoms with Crippen LogP contribution in [-0.4, -0.2) is 26.7 Å². The van der Waals surface area contributed by atoms with Crippen molar-refractivity contribution in [3.63, 3.8) is 0 Å². The molecule has 5 nitrogen and oxygen atoms in total. The Morgan fingerprint density at radius 2 is 2.00 bits per heavy atom. The third kappa shape index (κ3) is 6.59. The number of hydrogen-bond donors (Lipinski definition) is 0. The molecule has 0 atom stereocenters. The molecular formula is C8H15NO4S. The van der Waals surface area contributed by atoms with Crippen LogP contribution in [0.3, 0.4) is 0 Å². The van der Waals surface area contributed by atoms with Gasteiger partial charge in [0.2, 0.25) is 0 Å². The Hall–Kier alpha value is -0.910. The van der Waals surface area contributed by atoms with E-state index in [1.54, 1.807) is 20.8 Å². The zero-order chi connectivity index (χ0) is 11.4. The van der Waals surface area contributed by atoms with Gasteiger partial charge in [-0.15, -0.1) is 0 Å². The van der Waals surface area contributed by atoms with Gasteiger partial charge in [-0.1, -0.05) is 19.0 Å². The predicted molar refractivity (Wildman–Crippen MR) is 53.5 cm³/mol. The van der Waals surface area contributed by atoms with Gasteiger partial charge in [-0.2, -0.15) is 8.42 Å². The van der Waals surface area contributed by atoms with Gasteiger partial charge in [0.1, 0.15) is 6.29 Å². The Kier molecular flexibility index (Phi) is 4.25. The summed E-state index contributed by atoms with van der Waals surface area (Å²) in [5.41, 5.74) is -0.0819. The zero-order valence-corrected chi connectivity index (χ0v) is 9.59. The maximum absolute atomic E-state index is 10.6. The smallest absolute Gasteiger partial charge is 0.303 e. The average molecular weight is 221 g/mol. The summed E-state index contributed by atoms with van der Waals surface area (Å²) in [5, 5.41) is 3.40. The Balaban J connectivity index is 4.36. The van der Waals surface area contributed by atoms with Crippen molar-refractivity contribution in [2.45, 2.75) is 27.2 Å². The Labute approximate surface area is 84.3 Å². The Bertz CT molecular complexity index is 329. The number of carbonyl (C=O) groups excluding carboxylic acids is 1. The Morgan fingerprint density at radius 3 is 2.36 bits per heavy atom.